The lowest BCUT2D eigenvalue weighted by atomic mass is 10.1. The summed E-state index contributed by atoms with van der Waals surface area (Å²) in [5.41, 5.74) is 2.97. The first kappa shape index (κ1) is 16.4. The van der Waals surface area contributed by atoms with Gasteiger partial charge in [0.15, 0.2) is 0 Å². The second kappa shape index (κ2) is 6.68. The van der Waals surface area contributed by atoms with E-state index >= 15 is 0 Å². The minimum atomic E-state index is 0.0764. The van der Waals surface area contributed by atoms with Crippen molar-refractivity contribution in [2.24, 2.45) is 0 Å². The van der Waals surface area contributed by atoms with E-state index in [4.69, 9.17) is 0 Å². The van der Waals surface area contributed by atoms with Crippen LogP contribution < -0.4 is 4.90 Å². The first-order chi connectivity index (χ1) is 9.23. The van der Waals surface area contributed by atoms with E-state index in [9.17, 15) is 4.79 Å². The molecule has 0 aliphatic rings. The molecule has 0 spiro atoms. The van der Waals surface area contributed by atoms with Crippen LogP contribution in [0.1, 0.15) is 43.8 Å². The Morgan fingerprint density at radius 3 is 2.20 bits per heavy atom. The molecule has 0 bridgehead atoms. The van der Waals surface area contributed by atoms with E-state index in [1.54, 1.807) is 11.8 Å². The van der Waals surface area contributed by atoms with Gasteiger partial charge in [0.25, 0.3) is 0 Å². The number of aryl methyl sites for hydroxylation is 2. The molecule has 0 atom stereocenters. The monoisotopic (exact) mass is 278 g/mol. The van der Waals surface area contributed by atoms with Crippen molar-refractivity contribution in [2.75, 3.05) is 32.1 Å². The molecule has 1 rings (SSSR count). The van der Waals surface area contributed by atoms with Gasteiger partial charge < -0.3 is 9.80 Å². The van der Waals surface area contributed by atoms with Crippen molar-refractivity contribution in [3.8, 4) is 0 Å². The van der Waals surface area contributed by atoms with Crippen LogP contribution in [-0.4, -0.2) is 48.0 Å². The maximum absolute atomic E-state index is 11.2. The van der Waals surface area contributed by atoms with Gasteiger partial charge in [-0.25, -0.2) is 4.98 Å². The zero-order valence-electron chi connectivity index (χ0n) is 13.7. The van der Waals surface area contributed by atoms with Crippen LogP contribution in [0.15, 0.2) is 0 Å². The maximum atomic E-state index is 11.2. The van der Waals surface area contributed by atoms with Crippen molar-refractivity contribution in [3.05, 3.63) is 17.1 Å². The van der Waals surface area contributed by atoms with Crippen LogP contribution >= 0.6 is 0 Å². The minimum absolute atomic E-state index is 0.0764. The van der Waals surface area contributed by atoms with E-state index in [1.165, 1.54) is 0 Å². The van der Waals surface area contributed by atoms with Crippen molar-refractivity contribution < 1.29 is 4.79 Å². The van der Waals surface area contributed by atoms with Crippen molar-refractivity contribution in [2.45, 2.75) is 40.5 Å². The number of rotatable bonds is 5. The second-order valence-corrected chi connectivity index (χ2v) is 5.62. The van der Waals surface area contributed by atoms with Crippen molar-refractivity contribution >= 4 is 11.7 Å². The van der Waals surface area contributed by atoms with Gasteiger partial charge in [0.1, 0.15) is 5.82 Å². The summed E-state index contributed by atoms with van der Waals surface area (Å²) in [6.45, 7) is 11.2. The van der Waals surface area contributed by atoms with Gasteiger partial charge >= 0.3 is 0 Å². The highest BCUT2D eigenvalue weighted by Gasteiger charge is 2.14. The summed E-state index contributed by atoms with van der Waals surface area (Å²) in [6, 6.07) is 0. The molecule has 0 unspecified atom stereocenters. The molecule has 112 valence electrons. The van der Waals surface area contributed by atoms with Gasteiger partial charge in [-0.3, -0.25) is 9.78 Å². The molecule has 1 amide bonds. The summed E-state index contributed by atoms with van der Waals surface area (Å²) in [7, 11) is 3.79. The topological polar surface area (TPSA) is 49.3 Å². The molecule has 0 saturated carbocycles. The van der Waals surface area contributed by atoms with Crippen molar-refractivity contribution in [1.29, 1.82) is 0 Å². The molecule has 0 aromatic carbocycles. The molecule has 1 aromatic rings. The number of hydrogen-bond acceptors (Lipinski definition) is 4. The van der Waals surface area contributed by atoms with Crippen LogP contribution in [0.3, 0.4) is 0 Å². The first-order valence-corrected chi connectivity index (χ1v) is 7.02. The fourth-order valence-electron chi connectivity index (χ4n) is 2.08. The van der Waals surface area contributed by atoms with Crippen molar-refractivity contribution in [1.82, 2.24) is 14.9 Å². The van der Waals surface area contributed by atoms with Gasteiger partial charge in [-0.15, -0.1) is 0 Å². The van der Waals surface area contributed by atoms with Gasteiger partial charge in [0.2, 0.25) is 5.91 Å². The van der Waals surface area contributed by atoms with E-state index in [0.29, 0.717) is 12.5 Å². The number of likely N-dealkylation sites (N-methyl/N-ethyl adjacent to an activating group) is 2. The third kappa shape index (κ3) is 3.92. The summed E-state index contributed by atoms with van der Waals surface area (Å²) in [6.07, 6.45) is 0. The lowest BCUT2D eigenvalue weighted by molar-refractivity contribution is -0.127. The highest BCUT2D eigenvalue weighted by atomic mass is 16.2. The number of nitrogens with zero attached hydrogens (tertiary/aromatic N) is 4. The smallest absolute Gasteiger partial charge is 0.219 e. The average Bonchev–Trinajstić information content (AvgIpc) is 2.37. The highest BCUT2D eigenvalue weighted by Crippen LogP contribution is 2.21. The zero-order chi connectivity index (χ0) is 15.4. The molecular formula is C15H26N4O. The van der Waals surface area contributed by atoms with Gasteiger partial charge in [-0.1, -0.05) is 13.8 Å². The van der Waals surface area contributed by atoms with Crippen LogP contribution in [0.4, 0.5) is 5.82 Å². The minimum Gasteiger partial charge on any atom is -0.356 e. The summed E-state index contributed by atoms with van der Waals surface area (Å²) < 4.78 is 0. The largest absolute Gasteiger partial charge is 0.356 e. The van der Waals surface area contributed by atoms with Gasteiger partial charge in [-0.05, 0) is 19.8 Å². The molecule has 1 aromatic heterocycles. The maximum Gasteiger partial charge on any atom is 0.219 e. The Hall–Kier alpha value is -1.65. The first-order valence-electron chi connectivity index (χ1n) is 7.02. The van der Waals surface area contributed by atoms with Crippen LogP contribution in [-0.2, 0) is 4.79 Å². The summed E-state index contributed by atoms with van der Waals surface area (Å²) in [5, 5.41) is 0. The Bertz CT molecular complexity index is 485. The van der Waals surface area contributed by atoms with E-state index in [0.717, 1.165) is 29.4 Å². The fraction of sp³-hybridized carbons (Fsp3) is 0.667. The lowest BCUT2D eigenvalue weighted by Gasteiger charge is -2.24. The molecule has 0 N–H and O–H groups in total. The van der Waals surface area contributed by atoms with E-state index in [2.05, 4.69) is 28.7 Å². The summed E-state index contributed by atoms with van der Waals surface area (Å²) >= 11 is 0. The molecule has 0 aliphatic carbocycles. The Balaban J connectivity index is 2.86. The predicted octanol–water partition coefficient (Wildman–Crippen LogP) is 2.13. The molecule has 1 heterocycles. The number of carbonyl (C=O) groups is 1. The Morgan fingerprint density at radius 1 is 1.10 bits per heavy atom. The summed E-state index contributed by atoms with van der Waals surface area (Å²) in [5.74, 6) is 1.35. The molecule has 0 saturated heterocycles. The standard InChI is InChI=1S/C15H26N4O/c1-10(2)14-11(3)17-15(12(4)16-14)19(7)9-8-18(6)13(5)20/h10H,8-9H2,1-7H3. The number of anilines is 1. The van der Waals surface area contributed by atoms with Crippen molar-refractivity contribution in [3.63, 3.8) is 0 Å². The van der Waals surface area contributed by atoms with E-state index in [1.807, 2.05) is 27.9 Å². The number of hydrogen-bond donors (Lipinski definition) is 0. The van der Waals surface area contributed by atoms with E-state index in [-0.39, 0.29) is 5.91 Å². The third-order valence-electron chi connectivity index (χ3n) is 3.47. The summed E-state index contributed by atoms with van der Waals surface area (Å²) in [4.78, 5) is 24.3. The molecule has 0 aliphatic heterocycles. The molecule has 0 radical (unpaired) electrons. The van der Waals surface area contributed by atoms with Crippen LogP contribution in [0, 0.1) is 13.8 Å². The second-order valence-electron chi connectivity index (χ2n) is 5.62. The average molecular weight is 278 g/mol. The molecule has 5 nitrogen and oxygen atoms in total. The molecule has 20 heavy (non-hydrogen) atoms. The van der Waals surface area contributed by atoms with Crippen LogP contribution in [0.2, 0.25) is 0 Å². The Morgan fingerprint density at radius 2 is 1.70 bits per heavy atom. The Labute approximate surface area is 122 Å². The fourth-order valence-corrected chi connectivity index (χ4v) is 2.08. The third-order valence-corrected chi connectivity index (χ3v) is 3.47. The number of carbonyl (C=O) groups excluding carboxylic acids is 1. The zero-order valence-corrected chi connectivity index (χ0v) is 13.7. The molecule has 5 heteroatoms. The highest BCUT2D eigenvalue weighted by molar-refractivity contribution is 5.72. The Kier molecular flexibility index (Phi) is 5.48. The SMILES string of the molecule is CC(=O)N(C)CCN(C)c1nc(C)c(C(C)C)nc1C. The lowest BCUT2D eigenvalue weighted by Crippen LogP contribution is -2.34. The van der Waals surface area contributed by atoms with E-state index < -0.39 is 0 Å². The number of amides is 1. The molecule has 0 fully saturated rings. The van der Waals surface area contributed by atoms with Crippen LogP contribution in [0.25, 0.3) is 0 Å². The van der Waals surface area contributed by atoms with Gasteiger partial charge in [0.05, 0.1) is 17.1 Å². The number of aromatic nitrogens is 2. The normalized spacial score (nSPS) is 10.8. The molecular weight excluding hydrogens is 252 g/mol. The van der Waals surface area contributed by atoms with Gasteiger partial charge in [-0.2, -0.15) is 0 Å². The quantitative estimate of drug-likeness (QED) is 0.828. The predicted molar refractivity (Wildman–Crippen MR) is 82.2 cm³/mol. The van der Waals surface area contributed by atoms with Crippen LogP contribution in [0.5, 0.6) is 0 Å². The van der Waals surface area contributed by atoms with Gasteiger partial charge in [0, 0.05) is 34.1 Å².